The van der Waals surface area contributed by atoms with Gasteiger partial charge in [-0.05, 0) is 57.3 Å². The first kappa shape index (κ1) is 41.8. The third kappa shape index (κ3) is 28.5. The first-order chi connectivity index (χ1) is 21.3. The predicted molar refractivity (Wildman–Crippen MR) is 180 cm³/mol. The Morgan fingerprint density at radius 1 is 0.636 bits per heavy atom. The van der Waals surface area contributed by atoms with Crippen LogP contribution in [-0.4, -0.2) is 58.8 Å². The third-order valence-electron chi connectivity index (χ3n) is 7.27. The lowest BCUT2D eigenvalue weighted by atomic mass is 10.0. The van der Waals surface area contributed by atoms with Crippen molar-refractivity contribution in [1.29, 1.82) is 0 Å². The molecule has 0 spiro atoms. The van der Waals surface area contributed by atoms with Crippen LogP contribution in [-0.2, 0) is 19.1 Å². The molecule has 44 heavy (non-hydrogen) atoms. The molecule has 0 saturated heterocycles. The van der Waals surface area contributed by atoms with E-state index in [1.807, 2.05) is 12.2 Å². The van der Waals surface area contributed by atoms with Gasteiger partial charge in [0.1, 0.15) is 6.61 Å². The monoisotopic (exact) mass is 620 g/mol. The van der Waals surface area contributed by atoms with E-state index in [0.29, 0.717) is 19.3 Å². The number of aliphatic hydroxyl groups excluding tert-OH is 3. The number of rotatable bonds is 29. The number of ether oxygens (including phenoxy) is 2. The Hall–Kier alpha value is -2.22. The summed E-state index contributed by atoms with van der Waals surface area (Å²) in [4.78, 5) is 24.2. The van der Waals surface area contributed by atoms with Crippen molar-refractivity contribution in [2.45, 2.75) is 155 Å². The van der Waals surface area contributed by atoms with Gasteiger partial charge < -0.3 is 24.8 Å². The summed E-state index contributed by atoms with van der Waals surface area (Å²) in [5.74, 6) is -0.100. The van der Waals surface area contributed by atoms with Crippen LogP contribution in [0.25, 0.3) is 0 Å². The molecule has 0 aromatic rings. The van der Waals surface area contributed by atoms with Crippen molar-refractivity contribution >= 4 is 11.9 Å². The molecule has 0 amide bonds. The van der Waals surface area contributed by atoms with Crippen LogP contribution in [0.5, 0.6) is 0 Å². The van der Waals surface area contributed by atoms with Gasteiger partial charge >= 0.3 is 11.9 Å². The van der Waals surface area contributed by atoms with Gasteiger partial charge in [-0.2, -0.15) is 0 Å². The highest BCUT2D eigenvalue weighted by Crippen LogP contribution is 2.14. The number of unbranched alkanes of at least 4 members (excludes halogenated alkanes) is 7. The zero-order chi connectivity index (χ0) is 32.7. The van der Waals surface area contributed by atoms with Gasteiger partial charge in [-0.1, -0.05) is 121 Å². The standard InChI is InChI=1S/C37H64O7/c1-4-5-6-7-8-9-10-11-12-16-19-22-26-34(39)35(40)27-24-29-37(42)44-33(30-38)31-43-36(41)28-23-20-17-14-13-15-18-21-25-32(2)3/h5-6,8-9,11-12,19,22,32-35,38-40H,4,7,10,13-18,20-21,23-31H2,1-3H3/b6-5-,9-8-,12-11-,22-19-/t33-,34+,35+/m0/s1. The fourth-order valence-electron chi connectivity index (χ4n) is 4.53. The Morgan fingerprint density at radius 2 is 1.16 bits per heavy atom. The highest BCUT2D eigenvalue weighted by atomic mass is 16.6. The molecule has 0 heterocycles. The van der Waals surface area contributed by atoms with Crippen molar-refractivity contribution < 1.29 is 34.4 Å². The number of carbonyl (C=O) groups is 2. The van der Waals surface area contributed by atoms with Crippen molar-refractivity contribution in [2.75, 3.05) is 13.2 Å². The minimum absolute atomic E-state index is 0.0376. The fourth-order valence-corrected chi connectivity index (χ4v) is 4.53. The first-order valence-corrected chi connectivity index (χ1v) is 17.2. The Kier molecular flexibility index (Phi) is 29.2. The molecule has 3 N–H and O–H groups in total. The van der Waals surface area contributed by atoms with Crippen LogP contribution in [0.4, 0.5) is 0 Å². The molecular weight excluding hydrogens is 556 g/mol. The Balaban J connectivity index is 3.90. The van der Waals surface area contributed by atoms with E-state index in [9.17, 15) is 24.9 Å². The van der Waals surface area contributed by atoms with Crippen molar-refractivity contribution in [3.8, 4) is 0 Å². The molecule has 0 rings (SSSR count). The third-order valence-corrected chi connectivity index (χ3v) is 7.27. The average Bonchev–Trinajstić information content (AvgIpc) is 3.00. The quantitative estimate of drug-likeness (QED) is 0.0440. The maximum atomic E-state index is 12.1. The van der Waals surface area contributed by atoms with Crippen LogP contribution < -0.4 is 0 Å². The Morgan fingerprint density at radius 3 is 1.73 bits per heavy atom. The SMILES string of the molecule is CC/C=C\C/C=C\C/C=C\C/C=C\C[C@@H](O)[C@H](O)CCCC(=O)O[C@@H](CO)COC(=O)CCCCCCCCCCC(C)C. The van der Waals surface area contributed by atoms with E-state index in [-0.39, 0.29) is 25.4 Å². The maximum Gasteiger partial charge on any atom is 0.306 e. The van der Waals surface area contributed by atoms with Crippen molar-refractivity contribution in [3.05, 3.63) is 48.6 Å². The highest BCUT2D eigenvalue weighted by Gasteiger charge is 2.18. The number of hydrogen-bond donors (Lipinski definition) is 3. The van der Waals surface area contributed by atoms with Gasteiger partial charge in [0.25, 0.3) is 0 Å². The zero-order valence-corrected chi connectivity index (χ0v) is 28.0. The zero-order valence-electron chi connectivity index (χ0n) is 28.0. The molecule has 3 atom stereocenters. The normalized spacial score (nSPS) is 14.3. The fraction of sp³-hybridized carbons (Fsp3) is 0.730. The second kappa shape index (κ2) is 30.8. The summed E-state index contributed by atoms with van der Waals surface area (Å²) < 4.78 is 10.4. The lowest BCUT2D eigenvalue weighted by Crippen LogP contribution is -2.29. The van der Waals surface area contributed by atoms with E-state index in [1.54, 1.807) is 0 Å². The predicted octanol–water partition coefficient (Wildman–Crippen LogP) is 8.08. The molecule has 0 saturated carbocycles. The second-order valence-electron chi connectivity index (χ2n) is 12.0. The number of aliphatic hydroxyl groups is 3. The van der Waals surface area contributed by atoms with E-state index in [1.165, 1.54) is 38.5 Å². The minimum atomic E-state index is -0.945. The van der Waals surface area contributed by atoms with Gasteiger partial charge in [-0.3, -0.25) is 9.59 Å². The molecule has 0 fully saturated rings. The number of allylic oxidation sites excluding steroid dienone is 7. The summed E-state index contributed by atoms with van der Waals surface area (Å²) in [6, 6.07) is 0. The molecule has 0 aromatic heterocycles. The Labute approximate surface area is 268 Å². The molecule has 0 radical (unpaired) electrons. The molecule has 0 aliphatic heterocycles. The Bertz CT molecular complexity index is 800. The minimum Gasteiger partial charge on any atom is -0.462 e. The van der Waals surface area contributed by atoms with Crippen molar-refractivity contribution in [2.24, 2.45) is 5.92 Å². The highest BCUT2D eigenvalue weighted by molar-refractivity contribution is 5.70. The summed E-state index contributed by atoms with van der Waals surface area (Å²) in [5.41, 5.74) is 0. The molecule has 7 heteroatoms. The average molecular weight is 621 g/mol. The van der Waals surface area contributed by atoms with Gasteiger partial charge in [0, 0.05) is 12.8 Å². The van der Waals surface area contributed by atoms with Crippen LogP contribution in [0.3, 0.4) is 0 Å². The van der Waals surface area contributed by atoms with Crippen molar-refractivity contribution in [3.63, 3.8) is 0 Å². The summed E-state index contributed by atoms with van der Waals surface area (Å²) in [7, 11) is 0. The summed E-state index contributed by atoms with van der Waals surface area (Å²) in [6.45, 7) is 6.04. The number of carbonyl (C=O) groups excluding carboxylic acids is 2. The van der Waals surface area contributed by atoms with Gasteiger partial charge in [0.2, 0.25) is 0 Å². The van der Waals surface area contributed by atoms with Gasteiger partial charge in [0.05, 0.1) is 18.8 Å². The molecule has 0 bridgehead atoms. The topological polar surface area (TPSA) is 113 Å². The van der Waals surface area contributed by atoms with E-state index in [2.05, 4.69) is 57.2 Å². The smallest absolute Gasteiger partial charge is 0.306 e. The first-order valence-electron chi connectivity index (χ1n) is 17.2. The molecule has 0 aliphatic rings. The van der Waals surface area contributed by atoms with E-state index < -0.39 is 30.9 Å². The maximum absolute atomic E-state index is 12.1. The van der Waals surface area contributed by atoms with E-state index in [0.717, 1.165) is 50.9 Å². The van der Waals surface area contributed by atoms with Crippen molar-refractivity contribution in [1.82, 2.24) is 0 Å². The van der Waals surface area contributed by atoms with Crippen LogP contribution in [0.15, 0.2) is 48.6 Å². The lowest BCUT2D eigenvalue weighted by Gasteiger charge is -2.17. The molecule has 7 nitrogen and oxygen atoms in total. The molecule has 0 aromatic carbocycles. The summed E-state index contributed by atoms with van der Waals surface area (Å²) in [5, 5.41) is 29.9. The van der Waals surface area contributed by atoms with Crippen LogP contribution in [0.2, 0.25) is 0 Å². The largest absolute Gasteiger partial charge is 0.462 e. The molecule has 0 aliphatic carbocycles. The van der Waals surface area contributed by atoms with Crippen LogP contribution >= 0.6 is 0 Å². The molecule has 254 valence electrons. The van der Waals surface area contributed by atoms with Gasteiger partial charge in [-0.15, -0.1) is 0 Å². The van der Waals surface area contributed by atoms with Gasteiger partial charge in [-0.25, -0.2) is 0 Å². The van der Waals surface area contributed by atoms with Crippen LogP contribution in [0.1, 0.15) is 136 Å². The number of hydrogen-bond acceptors (Lipinski definition) is 7. The molecular formula is C37H64O7. The van der Waals surface area contributed by atoms with Crippen LogP contribution in [0, 0.1) is 5.92 Å². The van der Waals surface area contributed by atoms with E-state index in [4.69, 9.17) is 9.47 Å². The molecule has 0 unspecified atom stereocenters. The van der Waals surface area contributed by atoms with E-state index >= 15 is 0 Å². The number of esters is 2. The second-order valence-corrected chi connectivity index (χ2v) is 12.0. The summed E-state index contributed by atoms with van der Waals surface area (Å²) in [6.07, 6.45) is 29.3. The summed E-state index contributed by atoms with van der Waals surface area (Å²) >= 11 is 0. The van der Waals surface area contributed by atoms with Gasteiger partial charge in [0.15, 0.2) is 6.10 Å². The lowest BCUT2D eigenvalue weighted by molar-refractivity contribution is -0.161.